The number of rotatable bonds is 2. The molecule has 0 unspecified atom stereocenters. The number of hydrogen-bond acceptors (Lipinski definition) is 2. The third-order valence-electron chi connectivity index (χ3n) is 3.33. The molecule has 1 aliphatic rings. The molecule has 1 aliphatic heterocycles. The highest BCUT2D eigenvalue weighted by Gasteiger charge is 2.50. The van der Waals surface area contributed by atoms with Crippen molar-refractivity contribution in [2.75, 3.05) is 13.2 Å². The first kappa shape index (κ1) is 11.1. The van der Waals surface area contributed by atoms with Crippen molar-refractivity contribution in [2.45, 2.75) is 24.8 Å². The maximum Gasteiger partial charge on any atom is 0.0603 e. The summed E-state index contributed by atoms with van der Waals surface area (Å²) in [7, 11) is 0. The summed E-state index contributed by atoms with van der Waals surface area (Å²) in [4.78, 5) is 0. The van der Waals surface area contributed by atoms with Gasteiger partial charge in [0.25, 0.3) is 0 Å². The average molecular weight is 270 g/mol. The van der Waals surface area contributed by atoms with Gasteiger partial charge in [-0.15, -0.1) is 0 Å². The molecule has 2 nitrogen and oxygen atoms in total. The largest absolute Gasteiger partial charge is 0.379 e. The van der Waals surface area contributed by atoms with Gasteiger partial charge in [0.05, 0.1) is 18.6 Å². The van der Waals surface area contributed by atoms with Crippen molar-refractivity contribution in [3.8, 4) is 0 Å². The zero-order valence-electron chi connectivity index (χ0n) is 9.09. The van der Waals surface area contributed by atoms with E-state index in [-0.39, 0.29) is 11.0 Å². The summed E-state index contributed by atoms with van der Waals surface area (Å²) in [6, 6.07) is 8.37. The van der Waals surface area contributed by atoms with Crippen LogP contribution in [0.1, 0.15) is 19.4 Å². The Labute approximate surface area is 98.9 Å². The maximum atomic E-state index is 6.25. The minimum atomic E-state index is -0.251. The Hall–Kier alpha value is -0.380. The van der Waals surface area contributed by atoms with Gasteiger partial charge in [-0.1, -0.05) is 28.1 Å². The molecule has 1 aromatic rings. The molecule has 1 fully saturated rings. The summed E-state index contributed by atoms with van der Waals surface area (Å²) in [5, 5.41) is 0. The second-order valence-corrected chi connectivity index (χ2v) is 5.72. The monoisotopic (exact) mass is 269 g/mol. The van der Waals surface area contributed by atoms with Crippen molar-refractivity contribution in [2.24, 2.45) is 5.73 Å². The molecule has 3 heteroatoms. The van der Waals surface area contributed by atoms with E-state index in [1.165, 1.54) is 5.56 Å². The van der Waals surface area contributed by atoms with E-state index in [4.69, 9.17) is 10.5 Å². The SMILES string of the molecule is CC(C)(N)C1(c2ccc(Br)cc2)COC1. The highest BCUT2D eigenvalue weighted by atomic mass is 79.9. The number of hydrogen-bond donors (Lipinski definition) is 1. The molecule has 1 saturated heterocycles. The fraction of sp³-hybridized carbons (Fsp3) is 0.500. The van der Waals surface area contributed by atoms with Gasteiger partial charge in [0.15, 0.2) is 0 Å². The van der Waals surface area contributed by atoms with Gasteiger partial charge < -0.3 is 10.5 Å². The van der Waals surface area contributed by atoms with Crippen LogP contribution in [0.15, 0.2) is 28.7 Å². The van der Waals surface area contributed by atoms with Crippen molar-refractivity contribution < 1.29 is 4.74 Å². The van der Waals surface area contributed by atoms with Gasteiger partial charge in [0.1, 0.15) is 0 Å². The minimum absolute atomic E-state index is 0.0201. The molecule has 0 bridgehead atoms. The van der Waals surface area contributed by atoms with Gasteiger partial charge >= 0.3 is 0 Å². The highest BCUT2D eigenvalue weighted by Crippen LogP contribution is 2.40. The van der Waals surface area contributed by atoms with E-state index < -0.39 is 0 Å². The van der Waals surface area contributed by atoms with Crippen LogP contribution in [0.25, 0.3) is 0 Å². The Bertz CT molecular complexity index is 349. The second kappa shape index (κ2) is 3.58. The van der Waals surface area contributed by atoms with E-state index in [1.807, 2.05) is 0 Å². The smallest absolute Gasteiger partial charge is 0.0603 e. The Morgan fingerprint density at radius 2 is 1.80 bits per heavy atom. The first-order valence-corrected chi connectivity index (χ1v) is 5.88. The molecule has 0 aliphatic carbocycles. The number of nitrogens with two attached hydrogens (primary N) is 1. The fourth-order valence-corrected chi connectivity index (χ4v) is 2.25. The lowest BCUT2D eigenvalue weighted by Crippen LogP contribution is -2.64. The molecule has 0 radical (unpaired) electrons. The predicted molar refractivity (Wildman–Crippen MR) is 64.9 cm³/mol. The first-order valence-electron chi connectivity index (χ1n) is 5.08. The third kappa shape index (κ3) is 1.73. The van der Waals surface area contributed by atoms with E-state index >= 15 is 0 Å². The van der Waals surface area contributed by atoms with Crippen molar-refractivity contribution in [1.82, 2.24) is 0 Å². The van der Waals surface area contributed by atoms with Crippen LogP contribution < -0.4 is 5.73 Å². The van der Waals surface area contributed by atoms with Gasteiger partial charge in [-0.25, -0.2) is 0 Å². The van der Waals surface area contributed by atoms with Crippen molar-refractivity contribution in [3.05, 3.63) is 34.3 Å². The molecular weight excluding hydrogens is 254 g/mol. The van der Waals surface area contributed by atoms with Gasteiger partial charge in [0.2, 0.25) is 0 Å². The lowest BCUT2D eigenvalue weighted by atomic mass is 9.66. The van der Waals surface area contributed by atoms with E-state index in [1.54, 1.807) is 0 Å². The van der Waals surface area contributed by atoms with E-state index in [0.717, 1.165) is 17.7 Å². The van der Waals surface area contributed by atoms with Gasteiger partial charge in [-0.05, 0) is 31.5 Å². The quantitative estimate of drug-likeness (QED) is 0.896. The summed E-state index contributed by atoms with van der Waals surface area (Å²) in [5.74, 6) is 0. The maximum absolute atomic E-state index is 6.25. The number of halogens is 1. The van der Waals surface area contributed by atoms with Gasteiger partial charge in [0, 0.05) is 10.0 Å². The minimum Gasteiger partial charge on any atom is -0.379 e. The van der Waals surface area contributed by atoms with Crippen LogP contribution in [0.2, 0.25) is 0 Å². The molecule has 0 amide bonds. The Morgan fingerprint density at radius 3 is 2.13 bits per heavy atom. The Kier molecular flexibility index (Phi) is 2.65. The summed E-state index contributed by atoms with van der Waals surface area (Å²) >= 11 is 3.44. The van der Waals surface area contributed by atoms with Crippen molar-refractivity contribution >= 4 is 15.9 Å². The summed E-state index contributed by atoms with van der Waals surface area (Å²) < 4.78 is 6.45. The third-order valence-corrected chi connectivity index (χ3v) is 3.86. The lowest BCUT2D eigenvalue weighted by molar-refractivity contribution is -0.0918. The van der Waals surface area contributed by atoms with Crippen LogP contribution >= 0.6 is 15.9 Å². The molecule has 0 aromatic heterocycles. The number of benzene rings is 1. The van der Waals surface area contributed by atoms with Crippen molar-refractivity contribution in [3.63, 3.8) is 0 Å². The topological polar surface area (TPSA) is 35.2 Å². The van der Waals surface area contributed by atoms with Crippen LogP contribution in [0.3, 0.4) is 0 Å². The predicted octanol–water partition coefficient (Wildman–Crippen LogP) is 2.45. The summed E-state index contributed by atoms with van der Waals surface area (Å²) in [6.07, 6.45) is 0. The fourth-order valence-electron chi connectivity index (χ4n) is 1.99. The summed E-state index contributed by atoms with van der Waals surface area (Å²) in [6.45, 7) is 5.57. The first-order chi connectivity index (χ1) is 6.96. The Balaban J connectivity index is 2.39. The molecule has 2 N–H and O–H groups in total. The van der Waals surface area contributed by atoms with E-state index in [9.17, 15) is 0 Å². The lowest BCUT2D eigenvalue weighted by Gasteiger charge is -2.51. The molecule has 0 atom stereocenters. The highest BCUT2D eigenvalue weighted by molar-refractivity contribution is 9.10. The molecule has 1 heterocycles. The molecule has 0 spiro atoms. The molecule has 1 aromatic carbocycles. The molecule has 0 saturated carbocycles. The van der Waals surface area contributed by atoms with Crippen molar-refractivity contribution in [1.29, 1.82) is 0 Å². The van der Waals surface area contributed by atoms with E-state index in [0.29, 0.717) is 0 Å². The normalized spacial score (nSPS) is 19.7. The Morgan fingerprint density at radius 1 is 1.27 bits per heavy atom. The average Bonchev–Trinajstić information content (AvgIpc) is 2.03. The van der Waals surface area contributed by atoms with E-state index in [2.05, 4.69) is 54.0 Å². The van der Waals surface area contributed by atoms with Gasteiger partial charge in [-0.2, -0.15) is 0 Å². The molecule has 15 heavy (non-hydrogen) atoms. The van der Waals surface area contributed by atoms with Gasteiger partial charge in [-0.3, -0.25) is 0 Å². The van der Waals surface area contributed by atoms with Crippen LogP contribution in [-0.4, -0.2) is 18.8 Å². The van der Waals surface area contributed by atoms with Crippen LogP contribution in [-0.2, 0) is 10.2 Å². The molecule has 2 rings (SSSR count). The summed E-state index contributed by atoms with van der Waals surface area (Å²) in [5.41, 5.74) is 7.25. The standard InChI is InChI=1S/C12H16BrNO/c1-11(2,14)12(7-15-8-12)9-3-5-10(13)6-4-9/h3-6H,7-8,14H2,1-2H3. The second-order valence-electron chi connectivity index (χ2n) is 4.80. The zero-order valence-corrected chi connectivity index (χ0v) is 10.7. The molecule has 82 valence electrons. The van der Waals surface area contributed by atoms with Crippen LogP contribution in [0, 0.1) is 0 Å². The van der Waals surface area contributed by atoms with Crippen LogP contribution in [0.5, 0.6) is 0 Å². The zero-order chi connectivity index (χ0) is 11.1. The number of ether oxygens (including phenoxy) is 1. The molecular formula is C12H16BrNO. The van der Waals surface area contributed by atoms with Crippen LogP contribution in [0.4, 0.5) is 0 Å².